The number of hydrogen-bond donors (Lipinski definition) is 2. The molecule has 34 heavy (non-hydrogen) atoms. The molecular weight excluding hydrogens is 416 g/mol. The predicted octanol–water partition coefficient (Wildman–Crippen LogP) is 5.53. The summed E-state index contributed by atoms with van der Waals surface area (Å²) in [5, 5.41) is 9.31. The molecule has 3 aromatic rings. The lowest BCUT2D eigenvalue weighted by molar-refractivity contribution is 0.589. The fraction of sp³-hybridized carbons (Fsp3) is 0.400. The van der Waals surface area contributed by atoms with Crippen LogP contribution in [0.2, 0.25) is 0 Å². The first-order chi connectivity index (χ1) is 16.3. The Labute approximate surface area is 204 Å². The Hall–Kier alpha value is -3.14. The van der Waals surface area contributed by atoms with E-state index in [4.69, 9.17) is 0 Å². The Morgan fingerprint density at radius 2 is 1.35 bits per heavy atom. The topological polar surface area (TPSA) is 48.8 Å². The number of hydrogen-bond acceptors (Lipinski definition) is 4. The minimum Gasteiger partial charge on any atom is -0.372 e. The Balaban J connectivity index is 0.000000162. The number of aliphatic imine (C=N–C) groups is 2. The number of nitrogens with zero attached hydrogens (tertiary/aromatic N) is 2. The maximum absolute atomic E-state index is 4.49. The first kappa shape index (κ1) is 24.0. The van der Waals surface area contributed by atoms with Gasteiger partial charge in [0.05, 0.1) is 13.1 Å². The van der Waals surface area contributed by atoms with Crippen molar-refractivity contribution in [2.75, 3.05) is 26.2 Å². The Morgan fingerprint density at radius 1 is 0.765 bits per heavy atom. The monoisotopic (exact) mass is 454 g/mol. The molecule has 0 fully saturated rings. The van der Waals surface area contributed by atoms with E-state index in [1.807, 2.05) is 0 Å². The van der Waals surface area contributed by atoms with Crippen molar-refractivity contribution in [2.24, 2.45) is 9.98 Å². The Kier molecular flexibility index (Phi) is 7.35. The van der Waals surface area contributed by atoms with Crippen molar-refractivity contribution in [2.45, 2.75) is 52.9 Å². The van der Waals surface area contributed by atoms with Crippen LogP contribution in [0.3, 0.4) is 0 Å². The zero-order chi connectivity index (χ0) is 24.1. The maximum Gasteiger partial charge on any atom is 0.101 e. The third-order valence-electron chi connectivity index (χ3n) is 6.63. The summed E-state index contributed by atoms with van der Waals surface area (Å²) < 4.78 is 0. The van der Waals surface area contributed by atoms with Crippen LogP contribution in [0.25, 0.3) is 10.8 Å². The van der Waals surface area contributed by atoms with Gasteiger partial charge in [0, 0.05) is 25.9 Å². The van der Waals surface area contributed by atoms with E-state index in [0.717, 1.165) is 50.7 Å². The van der Waals surface area contributed by atoms with E-state index >= 15 is 0 Å². The van der Waals surface area contributed by atoms with Crippen molar-refractivity contribution in [1.82, 2.24) is 10.6 Å². The lowest BCUT2D eigenvalue weighted by Gasteiger charge is -2.22. The molecule has 0 saturated carbocycles. The van der Waals surface area contributed by atoms with Gasteiger partial charge in [-0.2, -0.15) is 0 Å². The number of aryl methyl sites for hydroxylation is 2. The average molecular weight is 455 g/mol. The van der Waals surface area contributed by atoms with E-state index in [1.54, 1.807) is 0 Å². The van der Waals surface area contributed by atoms with Gasteiger partial charge in [0.2, 0.25) is 0 Å². The van der Waals surface area contributed by atoms with Gasteiger partial charge in [0.25, 0.3) is 0 Å². The highest BCUT2D eigenvalue weighted by atomic mass is 15.1. The fourth-order valence-corrected chi connectivity index (χ4v) is 4.63. The van der Waals surface area contributed by atoms with Crippen LogP contribution in [0.15, 0.2) is 64.6 Å². The van der Waals surface area contributed by atoms with Gasteiger partial charge in [-0.1, -0.05) is 75.4 Å². The van der Waals surface area contributed by atoms with Crippen molar-refractivity contribution in [3.63, 3.8) is 0 Å². The molecule has 0 bridgehead atoms. The van der Waals surface area contributed by atoms with E-state index < -0.39 is 0 Å². The van der Waals surface area contributed by atoms with Gasteiger partial charge in [-0.3, -0.25) is 9.98 Å². The van der Waals surface area contributed by atoms with Crippen molar-refractivity contribution in [3.8, 4) is 0 Å². The van der Waals surface area contributed by atoms with Gasteiger partial charge < -0.3 is 10.6 Å². The molecule has 0 amide bonds. The molecule has 0 aromatic heterocycles. The summed E-state index contributed by atoms with van der Waals surface area (Å²) >= 11 is 0. The SMILES string of the molecule is Cc1cc(C(C)(C)C)cc(C)c1CC1=NCCN1.c1ccc2c(CC3=NCCN3)cccc2c1. The van der Waals surface area contributed by atoms with Crippen LogP contribution in [-0.4, -0.2) is 37.9 Å². The van der Waals surface area contributed by atoms with Crippen molar-refractivity contribution >= 4 is 22.4 Å². The van der Waals surface area contributed by atoms with E-state index in [1.165, 1.54) is 38.6 Å². The van der Waals surface area contributed by atoms with Crippen LogP contribution in [0.4, 0.5) is 0 Å². The van der Waals surface area contributed by atoms with Crippen LogP contribution in [0.1, 0.15) is 48.6 Å². The quantitative estimate of drug-likeness (QED) is 0.545. The molecule has 2 N–H and O–H groups in total. The summed E-state index contributed by atoms with van der Waals surface area (Å²) in [6.07, 6.45) is 1.86. The van der Waals surface area contributed by atoms with E-state index in [-0.39, 0.29) is 5.41 Å². The Bertz CT molecular complexity index is 1190. The molecule has 2 heterocycles. The standard InChI is InChI=1S/C16H24N2.C14H14N2/c1-11-8-13(16(3,4)5)9-12(2)14(11)10-15-17-6-7-18-15;1-2-7-13-11(4-1)5-3-6-12(13)10-14-15-8-9-16-14/h8-9H,6-7,10H2,1-5H3,(H,17,18);1-7H,8-10H2,(H,15,16). The summed E-state index contributed by atoms with van der Waals surface area (Å²) in [6.45, 7) is 15.1. The summed E-state index contributed by atoms with van der Waals surface area (Å²) in [4.78, 5) is 8.93. The molecule has 2 aliphatic rings. The highest BCUT2D eigenvalue weighted by molar-refractivity contribution is 5.92. The van der Waals surface area contributed by atoms with Gasteiger partial charge >= 0.3 is 0 Å². The number of amidine groups is 2. The molecule has 0 radical (unpaired) electrons. The molecule has 0 atom stereocenters. The predicted molar refractivity (Wildman–Crippen MR) is 147 cm³/mol. The molecule has 0 aliphatic carbocycles. The van der Waals surface area contributed by atoms with Crippen LogP contribution in [0.5, 0.6) is 0 Å². The van der Waals surface area contributed by atoms with Gasteiger partial charge in [0.1, 0.15) is 11.7 Å². The number of rotatable bonds is 4. The second-order valence-electron chi connectivity index (χ2n) is 10.3. The maximum atomic E-state index is 4.49. The summed E-state index contributed by atoms with van der Waals surface area (Å²) in [7, 11) is 0. The third kappa shape index (κ3) is 5.85. The van der Waals surface area contributed by atoms with Crippen LogP contribution in [0, 0.1) is 13.8 Å². The number of fused-ring (bicyclic) bond motifs is 1. The molecular formula is C30H38N4. The number of nitrogens with one attached hydrogen (secondary N) is 2. The molecule has 178 valence electrons. The van der Waals surface area contributed by atoms with E-state index in [2.05, 4.69) is 110 Å². The van der Waals surface area contributed by atoms with Crippen molar-refractivity contribution in [3.05, 3.63) is 82.4 Å². The van der Waals surface area contributed by atoms with Gasteiger partial charge in [-0.25, -0.2) is 0 Å². The first-order valence-corrected chi connectivity index (χ1v) is 12.4. The molecule has 4 nitrogen and oxygen atoms in total. The lowest BCUT2D eigenvalue weighted by Crippen LogP contribution is -2.22. The largest absolute Gasteiger partial charge is 0.372 e. The first-order valence-electron chi connectivity index (χ1n) is 12.4. The van der Waals surface area contributed by atoms with Crippen molar-refractivity contribution < 1.29 is 0 Å². The zero-order valence-electron chi connectivity index (χ0n) is 21.3. The molecule has 0 unspecified atom stereocenters. The van der Waals surface area contributed by atoms with Crippen LogP contribution >= 0.6 is 0 Å². The molecule has 0 spiro atoms. The summed E-state index contributed by atoms with van der Waals surface area (Å²) in [5.74, 6) is 2.26. The number of benzene rings is 3. The molecule has 3 aromatic carbocycles. The molecule has 2 aliphatic heterocycles. The lowest BCUT2D eigenvalue weighted by atomic mass is 9.83. The van der Waals surface area contributed by atoms with Gasteiger partial charge in [0.15, 0.2) is 0 Å². The second-order valence-corrected chi connectivity index (χ2v) is 10.3. The Morgan fingerprint density at radius 3 is 1.94 bits per heavy atom. The molecule has 4 heteroatoms. The summed E-state index contributed by atoms with van der Waals surface area (Å²) in [6, 6.07) is 19.6. The fourth-order valence-electron chi connectivity index (χ4n) is 4.63. The summed E-state index contributed by atoms with van der Waals surface area (Å²) in [5.41, 5.74) is 7.19. The van der Waals surface area contributed by atoms with E-state index in [9.17, 15) is 0 Å². The van der Waals surface area contributed by atoms with Crippen LogP contribution < -0.4 is 10.6 Å². The highest BCUT2D eigenvalue weighted by Gasteiger charge is 2.17. The minimum absolute atomic E-state index is 0.219. The van der Waals surface area contributed by atoms with Crippen LogP contribution in [-0.2, 0) is 18.3 Å². The normalized spacial score (nSPS) is 15.2. The van der Waals surface area contributed by atoms with Gasteiger partial charge in [-0.15, -0.1) is 0 Å². The average Bonchev–Trinajstić information content (AvgIpc) is 3.51. The highest BCUT2D eigenvalue weighted by Crippen LogP contribution is 2.27. The third-order valence-corrected chi connectivity index (χ3v) is 6.63. The van der Waals surface area contributed by atoms with E-state index in [0.29, 0.717) is 0 Å². The minimum atomic E-state index is 0.219. The van der Waals surface area contributed by atoms with Crippen molar-refractivity contribution in [1.29, 1.82) is 0 Å². The van der Waals surface area contributed by atoms with Gasteiger partial charge in [-0.05, 0) is 57.9 Å². The smallest absolute Gasteiger partial charge is 0.101 e. The zero-order valence-corrected chi connectivity index (χ0v) is 21.3. The second kappa shape index (κ2) is 10.4. The molecule has 0 saturated heterocycles. The molecule has 5 rings (SSSR count).